The Kier molecular flexibility index (Phi) is 4.73. The molecule has 0 heterocycles. The Morgan fingerprint density at radius 2 is 1.56 bits per heavy atom. The van der Waals surface area contributed by atoms with Gasteiger partial charge in [0.05, 0.1) is 0 Å². The Morgan fingerprint density at radius 3 is 2.00 bits per heavy atom. The molecule has 0 atom stereocenters. The number of carbonyl (C=O) groups excluding carboxylic acids is 2. The summed E-state index contributed by atoms with van der Waals surface area (Å²) in [7, 11) is 0. The van der Waals surface area contributed by atoms with Crippen LogP contribution in [-0.4, -0.2) is 12.2 Å². The number of hydrogen-bond acceptors (Lipinski definition) is 4. The highest BCUT2D eigenvalue weighted by molar-refractivity contribution is 5.74. The third-order valence-electron chi connectivity index (χ3n) is 2.75. The molecule has 0 aliphatic heterocycles. The van der Waals surface area contributed by atoms with Crippen molar-refractivity contribution in [2.24, 2.45) is 9.98 Å². The van der Waals surface area contributed by atoms with E-state index in [0.29, 0.717) is 17.3 Å². The number of isocyanates is 2. The van der Waals surface area contributed by atoms with Gasteiger partial charge in [-0.05, 0) is 29.0 Å². The van der Waals surface area contributed by atoms with Crippen LogP contribution in [0, 0.1) is 0 Å². The average molecular weight is 244 g/mol. The smallest absolute Gasteiger partial charge is 0.211 e. The fourth-order valence-electron chi connectivity index (χ4n) is 2.02. The van der Waals surface area contributed by atoms with Crippen molar-refractivity contribution in [1.29, 1.82) is 0 Å². The summed E-state index contributed by atoms with van der Waals surface area (Å²) in [6, 6.07) is 3.60. The van der Waals surface area contributed by atoms with E-state index in [1.165, 1.54) is 12.2 Å². The largest absolute Gasteiger partial charge is 0.240 e. The molecule has 0 spiro atoms. The van der Waals surface area contributed by atoms with Crippen molar-refractivity contribution in [3.8, 4) is 0 Å². The lowest BCUT2D eigenvalue weighted by Crippen LogP contribution is -1.99. The molecule has 0 aliphatic carbocycles. The molecule has 0 saturated heterocycles. The zero-order valence-corrected chi connectivity index (χ0v) is 11.0. The summed E-state index contributed by atoms with van der Waals surface area (Å²) in [6.07, 6.45) is 3.01. The van der Waals surface area contributed by atoms with Crippen LogP contribution in [0.25, 0.3) is 0 Å². The molecule has 4 nitrogen and oxygen atoms in total. The van der Waals surface area contributed by atoms with E-state index in [9.17, 15) is 9.59 Å². The van der Waals surface area contributed by atoms with Gasteiger partial charge in [0.15, 0.2) is 0 Å². The van der Waals surface area contributed by atoms with Crippen molar-refractivity contribution in [3.05, 3.63) is 23.3 Å². The normalized spacial score (nSPS) is 10.1. The summed E-state index contributed by atoms with van der Waals surface area (Å²) >= 11 is 0. The van der Waals surface area contributed by atoms with E-state index in [4.69, 9.17) is 0 Å². The highest BCUT2D eigenvalue weighted by Crippen LogP contribution is 2.40. The van der Waals surface area contributed by atoms with Gasteiger partial charge in [0.1, 0.15) is 11.4 Å². The van der Waals surface area contributed by atoms with Gasteiger partial charge in [-0.15, -0.1) is 0 Å². The maximum Gasteiger partial charge on any atom is 0.240 e. The monoisotopic (exact) mass is 244 g/mol. The number of rotatable bonds is 4. The third kappa shape index (κ3) is 2.80. The van der Waals surface area contributed by atoms with Crippen LogP contribution in [0.1, 0.15) is 50.7 Å². The average Bonchev–Trinajstić information content (AvgIpc) is 2.30. The lowest BCUT2D eigenvalue weighted by atomic mass is 9.88. The molecule has 1 aromatic carbocycles. The first kappa shape index (κ1) is 14.0. The molecule has 0 saturated carbocycles. The third-order valence-corrected chi connectivity index (χ3v) is 2.75. The van der Waals surface area contributed by atoms with E-state index in [0.717, 1.165) is 11.1 Å². The van der Waals surface area contributed by atoms with Crippen molar-refractivity contribution in [2.45, 2.75) is 39.5 Å². The lowest BCUT2D eigenvalue weighted by Gasteiger charge is -2.18. The highest BCUT2D eigenvalue weighted by Gasteiger charge is 2.17. The van der Waals surface area contributed by atoms with Gasteiger partial charge in [-0.3, -0.25) is 0 Å². The molecule has 0 N–H and O–H groups in total. The Balaban J connectivity index is 3.69. The Morgan fingerprint density at radius 1 is 0.944 bits per heavy atom. The molecule has 0 amide bonds. The van der Waals surface area contributed by atoms with Crippen LogP contribution in [-0.2, 0) is 9.59 Å². The molecule has 0 unspecified atom stereocenters. The van der Waals surface area contributed by atoms with E-state index < -0.39 is 0 Å². The quantitative estimate of drug-likeness (QED) is 0.596. The van der Waals surface area contributed by atoms with Gasteiger partial charge in [-0.2, -0.15) is 9.98 Å². The van der Waals surface area contributed by atoms with Gasteiger partial charge in [0, 0.05) is 0 Å². The molecule has 0 radical (unpaired) electrons. The molecule has 0 aliphatic rings. The summed E-state index contributed by atoms with van der Waals surface area (Å²) in [5, 5.41) is 0. The minimum Gasteiger partial charge on any atom is -0.211 e. The molecule has 1 aromatic rings. The van der Waals surface area contributed by atoms with Crippen molar-refractivity contribution >= 4 is 23.5 Å². The van der Waals surface area contributed by atoms with E-state index in [1.54, 1.807) is 6.07 Å². The second-order valence-corrected chi connectivity index (χ2v) is 4.65. The van der Waals surface area contributed by atoms with E-state index in [-0.39, 0.29) is 5.92 Å². The zero-order chi connectivity index (χ0) is 13.7. The molecule has 18 heavy (non-hydrogen) atoms. The summed E-state index contributed by atoms with van der Waals surface area (Å²) < 4.78 is 0. The van der Waals surface area contributed by atoms with E-state index in [1.807, 2.05) is 19.9 Å². The van der Waals surface area contributed by atoms with Gasteiger partial charge >= 0.3 is 0 Å². The van der Waals surface area contributed by atoms with Gasteiger partial charge in [-0.1, -0.05) is 33.8 Å². The van der Waals surface area contributed by atoms with Crippen LogP contribution in [0.5, 0.6) is 0 Å². The standard InChI is InChI=1S/C14H16N2O2/c1-9(2)11-5-6-12(15-7-17)14(16-8-18)13(11)10(3)4/h5-6,9-10H,1-4H3. The SMILES string of the molecule is CC(C)c1ccc(N=C=O)c(N=C=O)c1C(C)C. The van der Waals surface area contributed by atoms with Crippen LogP contribution < -0.4 is 0 Å². The molecule has 94 valence electrons. The Labute approximate surface area is 106 Å². The number of nitrogens with zero attached hydrogens (tertiary/aromatic N) is 2. The summed E-state index contributed by atoms with van der Waals surface area (Å²) in [4.78, 5) is 28.3. The predicted octanol–water partition coefficient (Wildman–Crippen LogP) is 3.87. The first-order chi connectivity index (χ1) is 8.52. The molecule has 0 bridgehead atoms. The van der Waals surface area contributed by atoms with Crippen LogP contribution >= 0.6 is 0 Å². The molecule has 4 heteroatoms. The lowest BCUT2D eigenvalue weighted by molar-refractivity contribution is 0.564. The second kappa shape index (κ2) is 6.06. The minimum absolute atomic E-state index is 0.177. The zero-order valence-electron chi connectivity index (χ0n) is 11.0. The first-order valence-electron chi connectivity index (χ1n) is 5.85. The Hall–Kier alpha value is -2.02. The maximum atomic E-state index is 10.6. The van der Waals surface area contributed by atoms with Crippen molar-refractivity contribution in [3.63, 3.8) is 0 Å². The number of benzene rings is 1. The van der Waals surface area contributed by atoms with Gasteiger partial charge in [-0.25, -0.2) is 9.59 Å². The predicted molar refractivity (Wildman–Crippen MR) is 70.2 cm³/mol. The molecule has 0 aromatic heterocycles. The van der Waals surface area contributed by atoms with Crippen LogP contribution in [0.15, 0.2) is 22.1 Å². The van der Waals surface area contributed by atoms with Crippen molar-refractivity contribution < 1.29 is 9.59 Å². The topological polar surface area (TPSA) is 58.9 Å². The fourth-order valence-corrected chi connectivity index (χ4v) is 2.02. The molecular formula is C14H16N2O2. The first-order valence-corrected chi connectivity index (χ1v) is 5.85. The summed E-state index contributed by atoms with van der Waals surface area (Å²) in [5.74, 6) is 0.480. The molecular weight excluding hydrogens is 228 g/mol. The summed E-state index contributed by atoms with van der Waals surface area (Å²) in [6.45, 7) is 8.16. The molecule has 0 fully saturated rings. The van der Waals surface area contributed by atoms with Gasteiger partial charge in [0.2, 0.25) is 12.2 Å². The van der Waals surface area contributed by atoms with Crippen molar-refractivity contribution in [1.82, 2.24) is 0 Å². The maximum absolute atomic E-state index is 10.6. The highest BCUT2D eigenvalue weighted by atomic mass is 16.1. The van der Waals surface area contributed by atoms with Gasteiger partial charge in [0.25, 0.3) is 0 Å². The Bertz CT molecular complexity index is 535. The fraction of sp³-hybridized carbons (Fsp3) is 0.429. The van der Waals surface area contributed by atoms with Gasteiger partial charge < -0.3 is 0 Å². The second-order valence-electron chi connectivity index (χ2n) is 4.65. The summed E-state index contributed by atoms with van der Waals surface area (Å²) in [5.41, 5.74) is 2.82. The van der Waals surface area contributed by atoms with E-state index >= 15 is 0 Å². The van der Waals surface area contributed by atoms with Crippen LogP contribution in [0.4, 0.5) is 11.4 Å². The number of aliphatic imine (C=N–C) groups is 2. The van der Waals surface area contributed by atoms with E-state index in [2.05, 4.69) is 23.8 Å². The van der Waals surface area contributed by atoms with Crippen LogP contribution in [0.2, 0.25) is 0 Å². The molecule has 1 rings (SSSR count). The number of hydrogen-bond donors (Lipinski definition) is 0. The minimum atomic E-state index is 0.177. The van der Waals surface area contributed by atoms with Crippen molar-refractivity contribution in [2.75, 3.05) is 0 Å². The van der Waals surface area contributed by atoms with Crippen LogP contribution in [0.3, 0.4) is 0 Å².